The van der Waals surface area contributed by atoms with Crippen LogP contribution in [0.3, 0.4) is 0 Å². The van der Waals surface area contributed by atoms with Crippen LogP contribution in [0.4, 0.5) is 5.69 Å². The fourth-order valence-corrected chi connectivity index (χ4v) is 3.37. The summed E-state index contributed by atoms with van der Waals surface area (Å²) in [5.41, 5.74) is 0.338. The fourth-order valence-electron chi connectivity index (χ4n) is 2.97. The number of carbonyl (C=O) groups is 1. The molecule has 0 spiro atoms. The number of hydrogen-bond acceptors (Lipinski definition) is 5. The van der Waals surface area contributed by atoms with E-state index in [1.807, 2.05) is 18.2 Å². The first-order valence-electron chi connectivity index (χ1n) is 8.92. The van der Waals surface area contributed by atoms with Crippen LogP contribution < -0.4 is 20.3 Å². The number of ether oxygens (including phenoxy) is 2. The van der Waals surface area contributed by atoms with Crippen molar-refractivity contribution in [2.75, 3.05) is 12.1 Å². The van der Waals surface area contributed by atoms with Crippen LogP contribution >= 0.6 is 15.9 Å². The summed E-state index contributed by atoms with van der Waals surface area (Å²) in [5, 5.41) is 7.29. The predicted octanol–water partition coefficient (Wildman–Crippen LogP) is 3.78. The van der Waals surface area contributed by atoms with Crippen molar-refractivity contribution >= 4 is 27.5 Å². The summed E-state index contributed by atoms with van der Waals surface area (Å²) in [6.45, 7) is 3.48. The van der Waals surface area contributed by atoms with Crippen LogP contribution in [0.25, 0.3) is 11.3 Å². The number of fused-ring (bicyclic) bond motifs is 1. The van der Waals surface area contributed by atoms with Crippen LogP contribution in [0, 0.1) is 0 Å². The molecule has 1 N–H and O–H groups in total. The number of nitrogens with zero attached hydrogens (tertiary/aromatic N) is 2. The zero-order valence-corrected chi connectivity index (χ0v) is 17.4. The summed E-state index contributed by atoms with van der Waals surface area (Å²) >= 11 is 3.38. The molecule has 1 aliphatic heterocycles. The van der Waals surface area contributed by atoms with Gasteiger partial charge in [0.2, 0.25) is 6.79 Å². The summed E-state index contributed by atoms with van der Waals surface area (Å²) in [4.78, 5) is 25.5. The van der Waals surface area contributed by atoms with Crippen LogP contribution in [-0.2, 0) is 10.3 Å². The van der Waals surface area contributed by atoms with Crippen molar-refractivity contribution < 1.29 is 14.3 Å². The molecule has 7 nitrogen and oxygen atoms in total. The average Bonchev–Trinajstić information content (AvgIpc) is 3.16. The Morgan fingerprint density at radius 2 is 1.90 bits per heavy atom. The van der Waals surface area contributed by atoms with E-state index < -0.39 is 5.54 Å². The predicted molar refractivity (Wildman–Crippen MR) is 112 cm³/mol. The van der Waals surface area contributed by atoms with Gasteiger partial charge in [-0.3, -0.25) is 9.59 Å². The minimum atomic E-state index is -1.22. The molecule has 8 heteroatoms. The number of hydrogen-bond donors (Lipinski definition) is 1. The van der Waals surface area contributed by atoms with Crippen LogP contribution in [0.1, 0.15) is 13.8 Å². The zero-order valence-electron chi connectivity index (χ0n) is 15.8. The number of benzene rings is 2. The molecule has 1 aliphatic rings. The summed E-state index contributed by atoms with van der Waals surface area (Å²) < 4.78 is 12.8. The Kier molecular flexibility index (Phi) is 4.87. The van der Waals surface area contributed by atoms with Gasteiger partial charge in [0.05, 0.1) is 5.69 Å². The molecule has 0 bridgehead atoms. The SMILES string of the molecule is CC(C)(C(=O)Nc1cccc(Br)c1)n1nc(-c2ccc3c(c2)OCO3)ccc1=O. The average molecular weight is 456 g/mol. The highest BCUT2D eigenvalue weighted by Crippen LogP contribution is 2.35. The molecule has 0 atom stereocenters. The molecule has 0 aliphatic carbocycles. The maximum atomic E-state index is 12.9. The molecule has 0 fully saturated rings. The first kappa shape index (κ1) is 19.2. The van der Waals surface area contributed by atoms with Crippen molar-refractivity contribution in [3.05, 3.63) is 69.4 Å². The van der Waals surface area contributed by atoms with Gasteiger partial charge in [-0.15, -0.1) is 0 Å². The van der Waals surface area contributed by atoms with Crippen molar-refractivity contribution in [1.82, 2.24) is 9.78 Å². The van der Waals surface area contributed by atoms with E-state index in [0.717, 1.165) is 10.0 Å². The molecule has 2 aromatic carbocycles. The second kappa shape index (κ2) is 7.36. The standard InChI is InChI=1S/C21H18BrN3O4/c1-21(2,20(27)23-15-5-3-4-14(22)11-15)25-19(26)9-7-16(24-25)13-6-8-17-18(10-13)29-12-28-17/h3-11H,12H2,1-2H3,(H,23,27). The van der Waals surface area contributed by atoms with E-state index in [1.54, 1.807) is 44.2 Å². The lowest BCUT2D eigenvalue weighted by Gasteiger charge is -2.25. The molecule has 0 saturated heterocycles. The molecule has 0 saturated carbocycles. The van der Waals surface area contributed by atoms with E-state index in [2.05, 4.69) is 26.3 Å². The van der Waals surface area contributed by atoms with Gasteiger partial charge in [-0.2, -0.15) is 5.10 Å². The lowest BCUT2D eigenvalue weighted by atomic mass is 10.0. The van der Waals surface area contributed by atoms with E-state index in [1.165, 1.54) is 10.7 Å². The molecule has 4 rings (SSSR count). The highest BCUT2D eigenvalue weighted by Gasteiger charge is 2.32. The van der Waals surface area contributed by atoms with Gasteiger partial charge in [0.1, 0.15) is 5.54 Å². The molecule has 0 radical (unpaired) electrons. The number of anilines is 1. The number of aromatic nitrogens is 2. The molecule has 1 aromatic heterocycles. The third-order valence-corrected chi connectivity index (χ3v) is 5.13. The number of rotatable bonds is 4. The Balaban J connectivity index is 1.67. The fraction of sp³-hybridized carbons (Fsp3) is 0.190. The van der Waals surface area contributed by atoms with E-state index >= 15 is 0 Å². The topological polar surface area (TPSA) is 82.5 Å². The second-order valence-corrected chi connectivity index (χ2v) is 7.98. The maximum absolute atomic E-state index is 12.9. The summed E-state index contributed by atoms with van der Waals surface area (Å²) in [7, 11) is 0. The van der Waals surface area contributed by atoms with Gasteiger partial charge in [0.15, 0.2) is 11.5 Å². The van der Waals surface area contributed by atoms with Gasteiger partial charge in [0.25, 0.3) is 11.5 Å². The smallest absolute Gasteiger partial charge is 0.267 e. The van der Waals surface area contributed by atoms with Gasteiger partial charge < -0.3 is 14.8 Å². The minimum absolute atomic E-state index is 0.175. The summed E-state index contributed by atoms with van der Waals surface area (Å²) in [6, 6.07) is 15.7. The quantitative estimate of drug-likeness (QED) is 0.647. The third kappa shape index (κ3) is 3.75. The van der Waals surface area contributed by atoms with Crippen molar-refractivity contribution in [2.45, 2.75) is 19.4 Å². The Labute approximate surface area is 175 Å². The van der Waals surface area contributed by atoms with E-state index in [4.69, 9.17) is 9.47 Å². The van der Waals surface area contributed by atoms with Crippen LogP contribution in [0.15, 0.2) is 63.9 Å². The molecule has 0 unspecified atom stereocenters. The van der Waals surface area contributed by atoms with Gasteiger partial charge >= 0.3 is 0 Å². The number of amides is 1. The highest BCUT2D eigenvalue weighted by molar-refractivity contribution is 9.10. The van der Waals surface area contributed by atoms with Crippen LogP contribution in [-0.4, -0.2) is 22.5 Å². The minimum Gasteiger partial charge on any atom is -0.454 e. The van der Waals surface area contributed by atoms with Gasteiger partial charge in [0, 0.05) is 21.8 Å². The summed E-state index contributed by atoms with van der Waals surface area (Å²) in [6.07, 6.45) is 0. The lowest BCUT2D eigenvalue weighted by molar-refractivity contribution is -0.123. The Morgan fingerprint density at radius 3 is 2.69 bits per heavy atom. The molecule has 148 valence electrons. The third-order valence-electron chi connectivity index (χ3n) is 4.64. The number of halogens is 1. The van der Waals surface area contributed by atoms with E-state index in [-0.39, 0.29) is 18.3 Å². The second-order valence-electron chi connectivity index (χ2n) is 7.06. The number of nitrogens with one attached hydrogen (secondary N) is 1. The van der Waals surface area contributed by atoms with Gasteiger partial charge in [-0.05, 0) is 56.3 Å². The Hall–Kier alpha value is -3.13. The molecule has 1 amide bonds. The first-order valence-corrected chi connectivity index (χ1v) is 9.72. The Bertz CT molecular complexity index is 1160. The maximum Gasteiger partial charge on any atom is 0.267 e. The molecular formula is C21H18BrN3O4. The van der Waals surface area contributed by atoms with Crippen LogP contribution in [0.5, 0.6) is 11.5 Å². The molecule has 3 aromatic rings. The first-order chi connectivity index (χ1) is 13.8. The lowest BCUT2D eigenvalue weighted by Crippen LogP contribution is -2.47. The Morgan fingerprint density at radius 1 is 1.10 bits per heavy atom. The molecule has 2 heterocycles. The van der Waals surface area contributed by atoms with E-state index in [9.17, 15) is 9.59 Å². The van der Waals surface area contributed by atoms with Crippen molar-refractivity contribution in [3.8, 4) is 22.8 Å². The highest BCUT2D eigenvalue weighted by atomic mass is 79.9. The normalized spacial score (nSPS) is 12.7. The van der Waals surface area contributed by atoms with Gasteiger partial charge in [-0.1, -0.05) is 22.0 Å². The van der Waals surface area contributed by atoms with Crippen molar-refractivity contribution in [1.29, 1.82) is 0 Å². The van der Waals surface area contributed by atoms with Crippen LogP contribution in [0.2, 0.25) is 0 Å². The largest absolute Gasteiger partial charge is 0.454 e. The molecular weight excluding hydrogens is 438 g/mol. The number of carbonyl (C=O) groups excluding carboxylic acids is 1. The summed E-state index contributed by atoms with van der Waals surface area (Å²) in [5.74, 6) is 0.928. The molecule has 29 heavy (non-hydrogen) atoms. The van der Waals surface area contributed by atoms with Crippen molar-refractivity contribution in [2.24, 2.45) is 0 Å². The monoisotopic (exact) mass is 455 g/mol. The zero-order chi connectivity index (χ0) is 20.6. The van der Waals surface area contributed by atoms with E-state index in [0.29, 0.717) is 22.9 Å². The van der Waals surface area contributed by atoms with Crippen molar-refractivity contribution in [3.63, 3.8) is 0 Å². The van der Waals surface area contributed by atoms with Gasteiger partial charge in [-0.25, -0.2) is 4.68 Å².